The number of carbonyl (C=O) groups excluding carboxylic acids is 1. The third kappa shape index (κ3) is 2.14. The van der Waals surface area contributed by atoms with Gasteiger partial charge < -0.3 is 14.3 Å². The molecule has 1 aliphatic rings. The van der Waals surface area contributed by atoms with Gasteiger partial charge in [0.15, 0.2) is 5.60 Å². The Morgan fingerprint density at radius 3 is 2.23 bits per heavy atom. The van der Waals surface area contributed by atoms with Crippen molar-refractivity contribution in [2.24, 2.45) is 5.92 Å². The van der Waals surface area contributed by atoms with E-state index in [2.05, 4.69) is 18.6 Å². The Kier molecular flexibility index (Phi) is 3.17. The molecule has 0 saturated heterocycles. The maximum Gasteiger partial charge on any atom is 0.712 e. The average Bonchev–Trinajstić information content (AvgIpc) is 2.54. The van der Waals surface area contributed by atoms with E-state index in [4.69, 9.17) is 4.74 Å². The van der Waals surface area contributed by atoms with E-state index in [9.17, 15) is 4.79 Å². The molecule has 0 atom stereocenters. The molecule has 3 nitrogen and oxygen atoms in total. The van der Waals surface area contributed by atoms with Crippen LogP contribution in [0.1, 0.15) is 39.5 Å². The minimum Gasteiger partial charge on any atom is -0.336 e. The van der Waals surface area contributed by atoms with Crippen LogP contribution in [-0.4, -0.2) is 23.7 Å². The van der Waals surface area contributed by atoms with Gasteiger partial charge in [-0.3, -0.25) is 0 Å². The number of rotatable bonds is 2. The van der Waals surface area contributed by atoms with Gasteiger partial charge in [-0.2, -0.15) is 0 Å². The van der Waals surface area contributed by atoms with Gasteiger partial charge in [-0.25, -0.2) is 0 Å². The summed E-state index contributed by atoms with van der Waals surface area (Å²) in [5, 5.41) is 0. The molecule has 13 heavy (non-hydrogen) atoms. The van der Waals surface area contributed by atoms with E-state index in [1.807, 2.05) is 0 Å². The molecule has 3 heteroatoms. The zero-order valence-corrected chi connectivity index (χ0v) is 8.67. The van der Waals surface area contributed by atoms with Crippen LogP contribution >= 0.6 is 0 Å². The van der Waals surface area contributed by atoms with Crippen LogP contribution in [0, 0.1) is 5.92 Å². The van der Waals surface area contributed by atoms with Gasteiger partial charge in [0.2, 0.25) is 0 Å². The lowest BCUT2D eigenvalue weighted by Gasteiger charge is -2.26. The lowest BCUT2D eigenvalue weighted by molar-refractivity contribution is -0.0244. The smallest absolute Gasteiger partial charge is 0.336 e. The molecule has 76 valence electrons. The molecule has 1 fully saturated rings. The molecule has 0 radical (unpaired) electrons. The Morgan fingerprint density at radius 2 is 1.85 bits per heavy atom. The van der Waals surface area contributed by atoms with Crippen LogP contribution < -0.4 is 0 Å². The number of hydrogen-bond acceptors (Lipinski definition) is 2. The summed E-state index contributed by atoms with van der Waals surface area (Å²) >= 11 is 0. The normalized spacial score (nSPS) is 20.3. The quantitative estimate of drug-likeness (QED) is 0.490. The third-order valence-corrected chi connectivity index (χ3v) is 2.97. The molecule has 1 aliphatic carbocycles. The highest BCUT2D eigenvalue weighted by molar-refractivity contribution is 5.61. The average molecular weight is 187 g/mol. The molecular formula is C10H19O3+. The Hall–Kier alpha value is -0.730. The fraction of sp³-hybridized carbons (Fsp3) is 0.900. The molecular weight excluding hydrogens is 168 g/mol. The lowest BCUT2D eigenvalue weighted by Crippen LogP contribution is -2.38. The second-order valence-electron chi connectivity index (χ2n) is 4.00. The zero-order valence-electron chi connectivity index (χ0n) is 8.67. The van der Waals surface area contributed by atoms with Crippen molar-refractivity contribution in [2.75, 3.05) is 7.11 Å². The van der Waals surface area contributed by atoms with Crippen LogP contribution in [-0.2, 0) is 9.47 Å². The molecule has 0 amide bonds. The highest BCUT2D eigenvalue weighted by atomic mass is 16.7. The Labute approximate surface area is 79.4 Å². The second-order valence-corrected chi connectivity index (χ2v) is 4.00. The summed E-state index contributed by atoms with van der Waals surface area (Å²) in [6.45, 7) is 4.24. The van der Waals surface area contributed by atoms with Crippen LogP contribution in [0.3, 0.4) is 0 Å². The first-order chi connectivity index (χ1) is 6.10. The standard InChI is InChI=1S/C10H18O3/c1-8(2)10(6-4-5-7-10)13-9(11)12-3/h8H,4-7H2,1-3H3/p+1. The van der Waals surface area contributed by atoms with Crippen molar-refractivity contribution < 1.29 is 14.3 Å². The van der Waals surface area contributed by atoms with E-state index in [0.29, 0.717) is 5.92 Å². The molecule has 1 N–H and O–H groups in total. The first-order valence-electron chi connectivity index (χ1n) is 4.89. The Morgan fingerprint density at radius 1 is 1.31 bits per heavy atom. The van der Waals surface area contributed by atoms with Gasteiger partial charge in [0.1, 0.15) is 7.11 Å². The SMILES string of the molecule is COC(=[OH+])OC1(C(C)C)CCCC1. The van der Waals surface area contributed by atoms with Crippen LogP contribution in [0.25, 0.3) is 0 Å². The van der Waals surface area contributed by atoms with Crippen LogP contribution in [0.5, 0.6) is 0 Å². The summed E-state index contributed by atoms with van der Waals surface area (Å²) in [5.74, 6) is 0.410. The summed E-state index contributed by atoms with van der Waals surface area (Å²) in [5.41, 5.74) is -0.194. The van der Waals surface area contributed by atoms with E-state index in [1.165, 1.54) is 20.0 Å². The van der Waals surface area contributed by atoms with Gasteiger partial charge in [0.25, 0.3) is 0 Å². The van der Waals surface area contributed by atoms with Crippen molar-refractivity contribution in [1.29, 1.82) is 0 Å². The fourth-order valence-corrected chi connectivity index (χ4v) is 1.99. The van der Waals surface area contributed by atoms with Gasteiger partial charge in [-0.1, -0.05) is 13.8 Å². The molecule has 0 bridgehead atoms. The molecule has 1 saturated carbocycles. The van der Waals surface area contributed by atoms with E-state index >= 15 is 0 Å². The Bertz CT molecular complexity index is 181. The first kappa shape index (κ1) is 10.4. The maximum absolute atomic E-state index is 9.20. The minimum absolute atomic E-state index is 0.194. The molecule has 1 rings (SSSR count). The van der Waals surface area contributed by atoms with E-state index < -0.39 is 0 Å². The second kappa shape index (κ2) is 3.99. The summed E-state index contributed by atoms with van der Waals surface area (Å²) in [6, 6.07) is 0. The number of ether oxygens (including phenoxy) is 2. The predicted octanol–water partition coefficient (Wildman–Crippen LogP) is 2.08. The first-order valence-corrected chi connectivity index (χ1v) is 4.89. The summed E-state index contributed by atoms with van der Waals surface area (Å²) in [6.07, 6.45) is 4.08. The van der Waals surface area contributed by atoms with Crippen LogP contribution in [0.4, 0.5) is 0 Å². The number of hydrogen-bond donors (Lipinski definition) is 0. The van der Waals surface area contributed by atoms with Gasteiger partial charge in [-0.05, 0) is 12.8 Å². The maximum atomic E-state index is 9.20. The topological polar surface area (TPSA) is 39.9 Å². The van der Waals surface area contributed by atoms with Crippen molar-refractivity contribution in [1.82, 2.24) is 0 Å². The molecule has 0 aromatic rings. The molecule has 0 aromatic carbocycles. The van der Waals surface area contributed by atoms with Gasteiger partial charge >= 0.3 is 6.16 Å². The minimum atomic E-state index is -0.296. The van der Waals surface area contributed by atoms with Crippen LogP contribution in [0.15, 0.2) is 0 Å². The summed E-state index contributed by atoms with van der Waals surface area (Å²) in [7, 11) is 1.41. The van der Waals surface area contributed by atoms with E-state index in [-0.39, 0.29) is 11.8 Å². The third-order valence-electron chi connectivity index (χ3n) is 2.97. The lowest BCUT2D eigenvalue weighted by atomic mass is 9.88. The summed E-state index contributed by atoms with van der Waals surface area (Å²) < 4.78 is 10.1. The molecule has 0 spiro atoms. The summed E-state index contributed by atoms with van der Waals surface area (Å²) in [4.78, 5) is 9.20. The highest BCUT2D eigenvalue weighted by Gasteiger charge is 2.46. The number of methoxy groups -OCH3 is 1. The van der Waals surface area contributed by atoms with E-state index in [0.717, 1.165) is 12.8 Å². The largest absolute Gasteiger partial charge is 0.712 e. The molecule has 0 aromatic heterocycles. The zero-order chi connectivity index (χ0) is 9.90. The van der Waals surface area contributed by atoms with Crippen molar-refractivity contribution >= 4 is 6.16 Å². The van der Waals surface area contributed by atoms with E-state index in [1.54, 1.807) is 0 Å². The van der Waals surface area contributed by atoms with Gasteiger partial charge in [-0.15, -0.1) is 0 Å². The monoisotopic (exact) mass is 187 g/mol. The molecule has 0 heterocycles. The van der Waals surface area contributed by atoms with Gasteiger partial charge in [0, 0.05) is 18.8 Å². The predicted molar refractivity (Wildman–Crippen MR) is 51.1 cm³/mol. The fourth-order valence-electron chi connectivity index (χ4n) is 1.99. The molecule has 0 unspecified atom stereocenters. The van der Waals surface area contributed by atoms with Crippen LogP contribution in [0.2, 0.25) is 0 Å². The van der Waals surface area contributed by atoms with Crippen molar-refractivity contribution in [3.63, 3.8) is 0 Å². The van der Waals surface area contributed by atoms with Gasteiger partial charge in [0.05, 0.1) is 0 Å². The van der Waals surface area contributed by atoms with Crippen molar-refractivity contribution in [3.05, 3.63) is 0 Å². The van der Waals surface area contributed by atoms with Crippen molar-refractivity contribution in [3.8, 4) is 0 Å². The van der Waals surface area contributed by atoms with Crippen molar-refractivity contribution in [2.45, 2.75) is 45.1 Å². The highest BCUT2D eigenvalue weighted by Crippen LogP contribution is 2.39. The Balaban J connectivity index is 2.62. The molecule has 0 aliphatic heterocycles.